The Morgan fingerprint density at radius 2 is 2.06 bits per heavy atom. The molecule has 0 bridgehead atoms. The van der Waals surface area contributed by atoms with Gasteiger partial charge in [-0.1, -0.05) is 26.2 Å². The van der Waals surface area contributed by atoms with Gasteiger partial charge in [0.2, 0.25) is 0 Å². The van der Waals surface area contributed by atoms with Crippen LogP contribution in [-0.2, 0) is 10.2 Å². The number of aromatic nitrogens is 4. The molecule has 94 valence electrons. The number of hydrogen-bond acceptors (Lipinski definition) is 4. The van der Waals surface area contributed by atoms with Crippen molar-refractivity contribution in [2.45, 2.75) is 57.4 Å². The Kier molecular flexibility index (Phi) is 3.13. The van der Waals surface area contributed by atoms with Crippen LogP contribution >= 0.6 is 0 Å². The van der Waals surface area contributed by atoms with E-state index in [0.717, 1.165) is 25.7 Å². The van der Waals surface area contributed by atoms with Crippen LogP contribution in [0.1, 0.15) is 57.8 Å². The summed E-state index contributed by atoms with van der Waals surface area (Å²) < 4.78 is 1.45. The lowest BCUT2D eigenvalue weighted by Crippen LogP contribution is -2.32. The minimum atomic E-state index is -0.905. The van der Waals surface area contributed by atoms with Gasteiger partial charge < -0.3 is 5.11 Å². The van der Waals surface area contributed by atoms with Gasteiger partial charge in [0, 0.05) is 5.41 Å². The summed E-state index contributed by atoms with van der Waals surface area (Å²) in [5.74, 6) is -0.190. The molecule has 1 aromatic heterocycles. The molecule has 1 heterocycles. The van der Waals surface area contributed by atoms with Crippen molar-refractivity contribution in [3.63, 3.8) is 0 Å². The molecular formula is C11H18N4O2. The minimum absolute atomic E-state index is 0.0779. The average Bonchev–Trinajstić information content (AvgIpc) is 2.78. The van der Waals surface area contributed by atoms with Crippen LogP contribution in [0.25, 0.3) is 0 Å². The lowest BCUT2D eigenvalue weighted by Gasteiger charge is -2.32. The molecule has 0 amide bonds. The van der Waals surface area contributed by atoms with Crippen LogP contribution in [0.3, 0.4) is 0 Å². The Balaban J connectivity index is 2.32. The zero-order valence-electron chi connectivity index (χ0n) is 10.3. The lowest BCUT2D eigenvalue weighted by molar-refractivity contribution is -0.140. The highest BCUT2D eigenvalue weighted by Crippen LogP contribution is 2.38. The monoisotopic (exact) mass is 238 g/mol. The Hall–Kier alpha value is -1.46. The number of carboxylic acids is 1. The van der Waals surface area contributed by atoms with E-state index in [1.807, 2.05) is 0 Å². The van der Waals surface area contributed by atoms with Gasteiger partial charge >= 0.3 is 5.97 Å². The van der Waals surface area contributed by atoms with E-state index in [2.05, 4.69) is 22.4 Å². The molecule has 1 unspecified atom stereocenters. The van der Waals surface area contributed by atoms with Gasteiger partial charge in [0.25, 0.3) is 0 Å². The van der Waals surface area contributed by atoms with E-state index >= 15 is 0 Å². The molecule has 1 aliphatic rings. The van der Waals surface area contributed by atoms with Crippen LogP contribution in [-0.4, -0.2) is 31.3 Å². The van der Waals surface area contributed by atoms with Crippen LogP contribution in [0.5, 0.6) is 0 Å². The quantitative estimate of drug-likeness (QED) is 0.863. The first kappa shape index (κ1) is 12.0. The second-order valence-corrected chi connectivity index (χ2v) is 5.08. The summed E-state index contributed by atoms with van der Waals surface area (Å²) in [4.78, 5) is 11.0. The molecule has 0 radical (unpaired) electrons. The summed E-state index contributed by atoms with van der Waals surface area (Å²) in [5, 5.41) is 20.6. The van der Waals surface area contributed by atoms with E-state index < -0.39 is 12.0 Å². The molecule has 0 aromatic carbocycles. The first-order chi connectivity index (χ1) is 8.04. The fourth-order valence-electron chi connectivity index (χ4n) is 2.51. The third-order valence-electron chi connectivity index (χ3n) is 3.71. The van der Waals surface area contributed by atoms with Crippen molar-refractivity contribution in [1.82, 2.24) is 20.2 Å². The normalized spacial score (nSPS) is 21.1. The first-order valence-corrected chi connectivity index (χ1v) is 6.06. The highest BCUT2D eigenvalue weighted by molar-refractivity contribution is 5.71. The Bertz CT molecular complexity index is 409. The SMILES string of the molecule is CC(C(=O)O)n1nnnc1C1(C)CCCCC1. The van der Waals surface area contributed by atoms with Gasteiger partial charge in [-0.2, -0.15) is 0 Å². The molecule has 1 atom stereocenters. The van der Waals surface area contributed by atoms with Crippen LogP contribution in [0.15, 0.2) is 0 Å². The molecule has 6 nitrogen and oxygen atoms in total. The minimum Gasteiger partial charge on any atom is -0.480 e. The highest BCUT2D eigenvalue weighted by Gasteiger charge is 2.36. The lowest BCUT2D eigenvalue weighted by atomic mass is 9.75. The van der Waals surface area contributed by atoms with Gasteiger partial charge in [-0.15, -0.1) is 5.10 Å². The molecule has 1 fully saturated rings. The van der Waals surface area contributed by atoms with E-state index in [1.54, 1.807) is 6.92 Å². The third-order valence-corrected chi connectivity index (χ3v) is 3.71. The van der Waals surface area contributed by atoms with E-state index in [-0.39, 0.29) is 5.41 Å². The predicted octanol–water partition coefficient (Wildman–Crippen LogP) is 1.54. The van der Waals surface area contributed by atoms with Crippen molar-refractivity contribution in [3.8, 4) is 0 Å². The van der Waals surface area contributed by atoms with Gasteiger partial charge in [-0.3, -0.25) is 0 Å². The number of tetrazole rings is 1. The Morgan fingerprint density at radius 1 is 1.41 bits per heavy atom. The number of nitrogens with zero attached hydrogens (tertiary/aromatic N) is 4. The smallest absolute Gasteiger partial charge is 0.328 e. The van der Waals surface area contributed by atoms with Crippen molar-refractivity contribution in [3.05, 3.63) is 5.82 Å². The van der Waals surface area contributed by atoms with Gasteiger partial charge in [-0.25, -0.2) is 9.48 Å². The number of carbonyl (C=O) groups is 1. The van der Waals surface area contributed by atoms with E-state index in [9.17, 15) is 4.79 Å². The van der Waals surface area contributed by atoms with Crippen LogP contribution in [0, 0.1) is 0 Å². The zero-order chi connectivity index (χ0) is 12.5. The zero-order valence-corrected chi connectivity index (χ0v) is 10.3. The summed E-state index contributed by atoms with van der Waals surface area (Å²) >= 11 is 0. The fourth-order valence-corrected chi connectivity index (χ4v) is 2.51. The first-order valence-electron chi connectivity index (χ1n) is 6.06. The fraction of sp³-hybridized carbons (Fsp3) is 0.818. The van der Waals surface area contributed by atoms with Crippen molar-refractivity contribution in [1.29, 1.82) is 0 Å². The van der Waals surface area contributed by atoms with Crippen LogP contribution < -0.4 is 0 Å². The van der Waals surface area contributed by atoms with Gasteiger partial charge in [0.05, 0.1) is 0 Å². The molecule has 1 N–H and O–H groups in total. The summed E-state index contributed by atoms with van der Waals surface area (Å²) in [7, 11) is 0. The topological polar surface area (TPSA) is 80.9 Å². The second kappa shape index (κ2) is 4.43. The maximum absolute atomic E-state index is 11.0. The average molecular weight is 238 g/mol. The molecular weight excluding hydrogens is 220 g/mol. The predicted molar refractivity (Wildman–Crippen MR) is 60.6 cm³/mol. The van der Waals surface area contributed by atoms with Crippen molar-refractivity contribution in [2.24, 2.45) is 0 Å². The molecule has 1 saturated carbocycles. The summed E-state index contributed by atoms with van der Waals surface area (Å²) in [6, 6.07) is -0.709. The number of rotatable bonds is 3. The largest absolute Gasteiger partial charge is 0.480 e. The molecule has 17 heavy (non-hydrogen) atoms. The van der Waals surface area contributed by atoms with Gasteiger partial charge in [-0.05, 0) is 30.2 Å². The second-order valence-electron chi connectivity index (χ2n) is 5.08. The highest BCUT2D eigenvalue weighted by atomic mass is 16.4. The number of hydrogen-bond donors (Lipinski definition) is 1. The summed E-state index contributed by atoms with van der Waals surface area (Å²) in [6.45, 7) is 3.73. The van der Waals surface area contributed by atoms with Gasteiger partial charge in [0.15, 0.2) is 5.82 Å². The molecule has 2 rings (SSSR count). The van der Waals surface area contributed by atoms with Crippen LogP contribution in [0.2, 0.25) is 0 Å². The van der Waals surface area contributed by atoms with E-state index in [1.165, 1.54) is 11.1 Å². The van der Waals surface area contributed by atoms with Crippen LogP contribution in [0.4, 0.5) is 0 Å². The molecule has 1 aromatic rings. The Morgan fingerprint density at radius 3 is 2.65 bits per heavy atom. The third kappa shape index (κ3) is 2.16. The van der Waals surface area contributed by atoms with Crippen molar-refractivity contribution >= 4 is 5.97 Å². The maximum atomic E-state index is 11.0. The van der Waals surface area contributed by atoms with Crippen molar-refractivity contribution in [2.75, 3.05) is 0 Å². The molecule has 0 saturated heterocycles. The van der Waals surface area contributed by atoms with E-state index in [4.69, 9.17) is 5.11 Å². The standard InChI is InChI=1S/C11H18N4O2/c1-8(9(16)17)15-10(12-13-14-15)11(2)6-4-3-5-7-11/h8H,3-7H2,1-2H3,(H,16,17). The summed E-state index contributed by atoms with van der Waals surface area (Å²) in [5.41, 5.74) is -0.0779. The molecule has 0 aliphatic heterocycles. The number of aliphatic carboxylic acids is 1. The maximum Gasteiger partial charge on any atom is 0.328 e. The van der Waals surface area contributed by atoms with Crippen molar-refractivity contribution < 1.29 is 9.90 Å². The van der Waals surface area contributed by atoms with Gasteiger partial charge in [0.1, 0.15) is 6.04 Å². The molecule has 6 heteroatoms. The Labute approximate surface area is 100 Å². The van der Waals surface area contributed by atoms with E-state index in [0.29, 0.717) is 5.82 Å². The number of carboxylic acid groups (broad SMARTS) is 1. The molecule has 1 aliphatic carbocycles. The molecule has 0 spiro atoms. The summed E-state index contributed by atoms with van der Waals surface area (Å²) in [6.07, 6.45) is 5.61.